The summed E-state index contributed by atoms with van der Waals surface area (Å²) in [6.07, 6.45) is -3.89. The maximum absolute atomic E-state index is 13.6. The van der Waals surface area contributed by atoms with Crippen LogP contribution in [0.25, 0.3) is 0 Å². The van der Waals surface area contributed by atoms with E-state index >= 15 is 0 Å². The van der Waals surface area contributed by atoms with E-state index < -0.39 is 82.1 Å². The van der Waals surface area contributed by atoms with Crippen molar-refractivity contribution in [2.45, 2.75) is 90.3 Å². The van der Waals surface area contributed by atoms with Crippen LogP contribution in [0.15, 0.2) is 30.3 Å². The molecule has 9 atom stereocenters. The van der Waals surface area contributed by atoms with Crippen LogP contribution in [0.2, 0.25) is 0 Å². The first-order valence-electron chi connectivity index (χ1n) is 14.4. The minimum atomic E-state index is -2.02. The van der Waals surface area contributed by atoms with Crippen LogP contribution in [0.3, 0.4) is 0 Å². The molecule has 1 saturated heterocycles. The summed E-state index contributed by atoms with van der Waals surface area (Å²) in [6, 6.07) is 8.22. The summed E-state index contributed by atoms with van der Waals surface area (Å²) in [7, 11) is 0. The molecule has 2 aliphatic carbocycles. The molecule has 3 aliphatic rings. The fraction of sp³-hybridized carbons (Fsp3) is 0.677. The molecule has 226 valence electrons. The quantitative estimate of drug-likeness (QED) is 0.295. The van der Waals surface area contributed by atoms with Crippen molar-refractivity contribution in [2.24, 2.45) is 28.6 Å². The number of ether oxygens (including phenoxy) is 3. The zero-order valence-corrected chi connectivity index (χ0v) is 24.4. The molecule has 10 nitrogen and oxygen atoms in total. The van der Waals surface area contributed by atoms with Crippen molar-refractivity contribution in [3.8, 4) is 0 Å². The molecule has 0 spiro atoms. The first-order valence-corrected chi connectivity index (χ1v) is 14.4. The largest absolute Gasteiger partial charge is 0.465 e. The highest BCUT2D eigenvalue weighted by Crippen LogP contribution is 2.59. The zero-order chi connectivity index (χ0) is 30.3. The first kappa shape index (κ1) is 31.3. The first-order chi connectivity index (χ1) is 19.2. The fourth-order valence-corrected chi connectivity index (χ4v) is 7.42. The smallest absolute Gasteiger partial charge is 0.338 e. The van der Waals surface area contributed by atoms with Gasteiger partial charge >= 0.3 is 11.9 Å². The Kier molecular flexibility index (Phi) is 8.81. The normalized spacial score (nSPS) is 36.7. The highest BCUT2D eigenvalue weighted by Gasteiger charge is 2.69. The third kappa shape index (κ3) is 5.35. The standard InChI is InChI=1S/C31H42O10/c1-6-22(34)26(36)25-17(2)23(35)14-31(38,29(25,4)5)27(41-28(37)19-10-8-7-9-11-19)21-12-20(33)13-24-30(21,16-40-24)15-39-18(3)32/h7-11,17,20-21,23-25,27,33,35,38H,6,12-16H2,1-5H3. The number of Topliss-reactive ketones (excluding diaryl/α,β-unsaturated/α-hetero) is 2. The molecular weight excluding hydrogens is 532 g/mol. The Bertz CT molecular complexity index is 1160. The van der Waals surface area contributed by atoms with Crippen molar-refractivity contribution >= 4 is 23.5 Å². The van der Waals surface area contributed by atoms with Crippen LogP contribution in [-0.2, 0) is 28.6 Å². The molecule has 4 rings (SSSR count). The van der Waals surface area contributed by atoms with Gasteiger partial charge in [-0.3, -0.25) is 14.4 Å². The molecule has 1 aromatic carbocycles. The Morgan fingerprint density at radius 3 is 2.32 bits per heavy atom. The molecule has 1 aliphatic heterocycles. The molecule has 3 fully saturated rings. The van der Waals surface area contributed by atoms with Crippen molar-refractivity contribution in [1.29, 1.82) is 0 Å². The Balaban J connectivity index is 1.86. The van der Waals surface area contributed by atoms with Gasteiger partial charge in [0.05, 0.1) is 35.9 Å². The highest BCUT2D eigenvalue weighted by atomic mass is 16.6. The highest BCUT2D eigenvalue weighted by molar-refractivity contribution is 6.38. The molecule has 41 heavy (non-hydrogen) atoms. The number of hydrogen-bond acceptors (Lipinski definition) is 10. The molecule has 9 unspecified atom stereocenters. The van der Waals surface area contributed by atoms with E-state index in [4.69, 9.17) is 14.2 Å². The second kappa shape index (κ2) is 11.6. The van der Waals surface area contributed by atoms with E-state index in [1.165, 1.54) is 6.92 Å². The maximum Gasteiger partial charge on any atom is 0.338 e. The summed E-state index contributed by atoms with van der Waals surface area (Å²) in [4.78, 5) is 51.5. The van der Waals surface area contributed by atoms with E-state index in [0.29, 0.717) is 0 Å². The average Bonchev–Trinajstić information content (AvgIpc) is 2.91. The van der Waals surface area contributed by atoms with Crippen LogP contribution < -0.4 is 0 Å². The molecule has 3 N–H and O–H groups in total. The number of aliphatic hydroxyl groups excluding tert-OH is 2. The van der Waals surface area contributed by atoms with Gasteiger partial charge in [0.25, 0.3) is 0 Å². The molecule has 0 radical (unpaired) electrons. The lowest BCUT2D eigenvalue weighted by Gasteiger charge is -2.63. The molecular formula is C31H42O10. The number of benzene rings is 1. The monoisotopic (exact) mass is 574 g/mol. The molecule has 1 aromatic rings. The van der Waals surface area contributed by atoms with Crippen molar-refractivity contribution in [3.05, 3.63) is 35.9 Å². The van der Waals surface area contributed by atoms with Crippen molar-refractivity contribution in [3.63, 3.8) is 0 Å². The Morgan fingerprint density at radius 2 is 1.76 bits per heavy atom. The zero-order valence-electron chi connectivity index (χ0n) is 24.4. The second-order valence-corrected chi connectivity index (χ2v) is 12.6. The summed E-state index contributed by atoms with van der Waals surface area (Å²) >= 11 is 0. The van der Waals surface area contributed by atoms with E-state index in [2.05, 4.69) is 0 Å². The van der Waals surface area contributed by atoms with Gasteiger partial charge in [-0.1, -0.05) is 45.9 Å². The predicted octanol–water partition coefficient (Wildman–Crippen LogP) is 2.25. The predicted molar refractivity (Wildman–Crippen MR) is 145 cm³/mol. The Hall–Kier alpha value is -2.66. The third-order valence-electron chi connectivity index (χ3n) is 9.99. The minimum absolute atomic E-state index is 0.0294. The van der Waals surface area contributed by atoms with Crippen molar-refractivity contribution in [1.82, 2.24) is 0 Å². The van der Waals surface area contributed by atoms with Gasteiger partial charge in [0.1, 0.15) is 18.3 Å². The molecule has 1 heterocycles. The maximum atomic E-state index is 13.6. The van der Waals surface area contributed by atoms with Crippen LogP contribution in [0, 0.1) is 28.6 Å². The molecule has 2 saturated carbocycles. The van der Waals surface area contributed by atoms with Gasteiger partial charge in [-0.25, -0.2) is 4.79 Å². The molecule has 0 bridgehead atoms. The van der Waals surface area contributed by atoms with Crippen LogP contribution in [0.1, 0.15) is 70.7 Å². The summed E-state index contributed by atoms with van der Waals surface area (Å²) in [5.41, 5.74) is -4.06. The molecule has 10 heteroatoms. The van der Waals surface area contributed by atoms with E-state index in [0.717, 1.165) is 0 Å². The number of hydrogen-bond donors (Lipinski definition) is 3. The average molecular weight is 575 g/mol. The summed E-state index contributed by atoms with van der Waals surface area (Å²) < 4.78 is 17.4. The van der Waals surface area contributed by atoms with E-state index in [1.54, 1.807) is 58.0 Å². The topological polar surface area (TPSA) is 157 Å². The Morgan fingerprint density at radius 1 is 1.10 bits per heavy atom. The number of fused-ring (bicyclic) bond motifs is 1. The second-order valence-electron chi connectivity index (χ2n) is 12.6. The van der Waals surface area contributed by atoms with Gasteiger partial charge in [0.2, 0.25) is 5.78 Å². The van der Waals surface area contributed by atoms with E-state index in [1.807, 2.05) is 0 Å². The number of carbonyl (C=O) groups excluding carboxylic acids is 4. The fourth-order valence-electron chi connectivity index (χ4n) is 7.42. The number of esters is 2. The van der Waals surface area contributed by atoms with Crippen molar-refractivity contribution < 1.29 is 48.7 Å². The van der Waals surface area contributed by atoms with Crippen molar-refractivity contribution in [2.75, 3.05) is 13.2 Å². The number of rotatable bonds is 9. The lowest BCUT2D eigenvalue weighted by atomic mass is 9.48. The van der Waals surface area contributed by atoms with E-state index in [-0.39, 0.29) is 44.5 Å². The van der Waals surface area contributed by atoms with Crippen LogP contribution in [0.5, 0.6) is 0 Å². The SMILES string of the molecule is CCC(=O)C(=O)C1C(C)C(O)CC(O)(C(OC(=O)c2ccccc2)C2CC(O)CC3OCC32COC(C)=O)C1(C)C. The summed E-state index contributed by atoms with van der Waals surface area (Å²) in [5.74, 6) is -5.08. The third-order valence-corrected chi connectivity index (χ3v) is 9.99. The lowest BCUT2D eigenvalue weighted by Crippen LogP contribution is -2.73. The van der Waals surface area contributed by atoms with Gasteiger partial charge < -0.3 is 29.5 Å². The Labute approximate surface area is 240 Å². The van der Waals surface area contributed by atoms with Gasteiger partial charge in [-0.2, -0.15) is 0 Å². The minimum Gasteiger partial charge on any atom is -0.465 e. The summed E-state index contributed by atoms with van der Waals surface area (Å²) in [5, 5.41) is 34.9. The van der Waals surface area contributed by atoms with Crippen LogP contribution >= 0.6 is 0 Å². The summed E-state index contributed by atoms with van der Waals surface area (Å²) in [6.45, 7) is 7.87. The van der Waals surface area contributed by atoms with Crippen LogP contribution in [-0.4, -0.2) is 82.1 Å². The van der Waals surface area contributed by atoms with Gasteiger partial charge in [0, 0.05) is 43.4 Å². The van der Waals surface area contributed by atoms with Crippen LogP contribution in [0.4, 0.5) is 0 Å². The van der Waals surface area contributed by atoms with Gasteiger partial charge in [0.15, 0.2) is 5.78 Å². The van der Waals surface area contributed by atoms with Gasteiger partial charge in [-0.15, -0.1) is 0 Å². The number of ketones is 2. The van der Waals surface area contributed by atoms with E-state index in [9.17, 15) is 34.5 Å². The molecule has 0 amide bonds. The lowest BCUT2D eigenvalue weighted by molar-refractivity contribution is -0.306. The molecule has 0 aromatic heterocycles. The van der Waals surface area contributed by atoms with Gasteiger partial charge in [-0.05, 0) is 24.5 Å². The number of carbonyl (C=O) groups is 4. The number of aliphatic hydroxyl groups is 3.